The van der Waals surface area contributed by atoms with E-state index in [1.54, 1.807) is 19.2 Å². The topological polar surface area (TPSA) is 94.8 Å². The van der Waals surface area contributed by atoms with Crippen molar-refractivity contribution < 1.29 is 9.53 Å². The van der Waals surface area contributed by atoms with Gasteiger partial charge in [-0.3, -0.25) is 9.48 Å². The van der Waals surface area contributed by atoms with Gasteiger partial charge in [-0.05, 0) is 12.1 Å². The average Bonchev–Trinajstić information content (AvgIpc) is 2.97. The number of amides is 1. The molecule has 1 amide bonds. The molecule has 110 valence electrons. The quantitative estimate of drug-likeness (QED) is 0.786. The number of benzene rings is 1. The van der Waals surface area contributed by atoms with Crippen LogP contribution in [0.2, 0.25) is 0 Å². The van der Waals surface area contributed by atoms with E-state index in [1.807, 2.05) is 18.2 Å². The van der Waals surface area contributed by atoms with Crippen molar-refractivity contribution in [1.29, 1.82) is 0 Å². The largest absolute Gasteiger partial charge is 0.424 e. The third kappa shape index (κ3) is 3.23. The molecular weight excluding hydrogens is 284 g/mol. The van der Waals surface area contributed by atoms with E-state index in [0.29, 0.717) is 11.4 Å². The molecule has 3 rings (SSSR count). The second-order valence-corrected chi connectivity index (χ2v) is 4.40. The summed E-state index contributed by atoms with van der Waals surface area (Å²) >= 11 is 0. The van der Waals surface area contributed by atoms with Crippen molar-refractivity contribution in [2.75, 3.05) is 5.32 Å². The Balaban J connectivity index is 1.65. The van der Waals surface area contributed by atoms with Gasteiger partial charge >= 0.3 is 6.01 Å². The van der Waals surface area contributed by atoms with Crippen molar-refractivity contribution in [3.8, 4) is 11.8 Å². The number of ether oxygens (including phenoxy) is 1. The van der Waals surface area contributed by atoms with Gasteiger partial charge in [0, 0.05) is 7.05 Å². The number of carbonyl (C=O) groups is 1. The summed E-state index contributed by atoms with van der Waals surface area (Å²) in [6.07, 6.45) is 4.43. The summed E-state index contributed by atoms with van der Waals surface area (Å²) in [5.74, 6) is 0.257. The number of hydrogen-bond donors (Lipinski definition) is 1. The Kier molecular flexibility index (Phi) is 3.73. The third-order valence-electron chi connectivity index (χ3n) is 2.67. The Morgan fingerprint density at radius 3 is 2.55 bits per heavy atom. The molecule has 0 unspecified atom stereocenters. The molecule has 0 saturated carbocycles. The summed E-state index contributed by atoms with van der Waals surface area (Å²) in [4.78, 5) is 20.0. The maximum Gasteiger partial charge on any atom is 0.322 e. The standard InChI is InChI=1S/C14H12N6O2/c1-20-9-12(18-19-20)13(21)17-10-7-15-14(16-8-10)22-11-5-3-2-4-6-11/h2-9H,1H3,(H,17,21). The van der Waals surface area contributed by atoms with Gasteiger partial charge in [-0.1, -0.05) is 23.4 Å². The molecule has 0 radical (unpaired) electrons. The number of aryl methyl sites for hydroxylation is 1. The Morgan fingerprint density at radius 1 is 1.18 bits per heavy atom. The second kappa shape index (κ2) is 6.00. The molecule has 0 saturated heterocycles. The lowest BCUT2D eigenvalue weighted by Gasteiger charge is -2.05. The van der Waals surface area contributed by atoms with E-state index >= 15 is 0 Å². The third-order valence-corrected chi connectivity index (χ3v) is 2.67. The molecule has 0 aliphatic rings. The molecular formula is C14H12N6O2. The Bertz CT molecular complexity index is 770. The van der Waals surface area contributed by atoms with Crippen LogP contribution in [0, 0.1) is 0 Å². The van der Waals surface area contributed by atoms with Crippen LogP contribution in [0.15, 0.2) is 48.9 Å². The van der Waals surface area contributed by atoms with Crippen LogP contribution < -0.4 is 10.1 Å². The predicted octanol–water partition coefficient (Wildman–Crippen LogP) is 1.65. The Hall–Kier alpha value is -3.29. The van der Waals surface area contributed by atoms with E-state index in [4.69, 9.17) is 4.74 Å². The zero-order valence-electron chi connectivity index (χ0n) is 11.7. The van der Waals surface area contributed by atoms with Crippen molar-refractivity contribution in [3.05, 3.63) is 54.6 Å². The molecule has 0 fully saturated rings. The normalized spacial score (nSPS) is 10.2. The number of carbonyl (C=O) groups excluding carboxylic acids is 1. The summed E-state index contributed by atoms with van der Waals surface area (Å²) < 4.78 is 6.91. The molecule has 1 aromatic carbocycles. The Morgan fingerprint density at radius 2 is 1.91 bits per heavy atom. The highest BCUT2D eigenvalue weighted by molar-refractivity contribution is 6.02. The lowest BCUT2D eigenvalue weighted by molar-refractivity contribution is 0.102. The number of nitrogens with zero attached hydrogens (tertiary/aromatic N) is 5. The van der Waals surface area contributed by atoms with E-state index in [2.05, 4.69) is 25.6 Å². The number of para-hydroxylation sites is 1. The number of nitrogens with one attached hydrogen (secondary N) is 1. The average molecular weight is 296 g/mol. The first-order chi connectivity index (χ1) is 10.7. The SMILES string of the molecule is Cn1cc(C(=O)Nc2cnc(Oc3ccccc3)nc2)nn1. The maximum atomic E-state index is 11.9. The van der Waals surface area contributed by atoms with Crippen LogP contribution in [0.4, 0.5) is 5.69 Å². The highest BCUT2D eigenvalue weighted by Crippen LogP contribution is 2.17. The van der Waals surface area contributed by atoms with Crippen LogP contribution in [0.1, 0.15) is 10.5 Å². The van der Waals surface area contributed by atoms with Gasteiger partial charge in [0.15, 0.2) is 5.69 Å². The maximum absolute atomic E-state index is 11.9. The second-order valence-electron chi connectivity index (χ2n) is 4.40. The highest BCUT2D eigenvalue weighted by atomic mass is 16.5. The lowest BCUT2D eigenvalue weighted by Crippen LogP contribution is -2.12. The van der Waals surface area contributed by atoms with Gasteiger partial charge < -0.3 is 10.1 Å². The van der Waals surface area contributed by atoms with Crippen molar-refractivity contribution in [3.63, 3.8) is 0 Å². The molecule has 2 heterocycles. The van der Waals surface area contributed by atoms with Gasteiger partial charge in [-0.25, -0.2) is 9.97 Å². The highest BCUT2D eigenvalue weighted by Gasteiger charge is 2.10. The fourth-order valence-electron chi connectivity index (χ4n) is 1.67. The van der Waals surface area contributed by atoms with Crippen molar-refractivity contribution in [1.82, 2.24) is 25.0 Å². The summed E-state index contributed by atoms with van der Waals surface area (Å²) in [6.45, 7) is 0. The summed E-state index contributed by atoms with van der Waals surface area (Å²) in [5, 5.41) is 10.0. The fraction of sp³-hybridized carbons (Fsp3) is 0.0714. The van der Waals surface area contributed by atoms with Crippen molar-refractivity contribution in [2.45, 2.75) is 0 Å². The number of aromatic nitrogens is 5. The van der Waals surface area contributed by atoms with Crippen LogP contribution in [0.5, 0.6) is 11.8 Å². The van der Waals surface area contributed by atoms with E-state index in [-0.39, 0.29) is 17.6 Å². The number of hydrogen-bond acceptors (Lipinski definition) is 6. The number of anilines is 1. The smallest absolute Gasteiger partial charge is 0.322 e. The van der Waals surface area contributed by atoms with Crippen LogP contribution >= 0.6 is 0 Å². The van der Waals surface area contributed by atoms with E-state index < -0.39 is 0 Å². The molecule has 3 aromatic rings. The molecule has 2 aromatic heterocycles. The first-order valence-electron chi connectivity index (χ1n) is 6.43. The molecule has 0 bridgehead atoms. The fourth-order valence-corrected chi connectivity index (χ4v) is 1.67. The monoisotopic (exact) mass is 296 g/mol. The molecule has 0 atom stereocenters. The zero-order chi connectivity index (χ0) is 15.4. The van der Waals surface area contributed by atoms with Gasteiger partial charge in [0.05, 0.1) is 24.3 Å². The Labute approximate surface area is 125 Å². The molecule has 8 nitrogen and oxygen atoms in total. The molecule has 0 aliphatic carbocycles. The summed E-state index contributed by atoms with van der Waals surface area (Å²) in [5.41, 5.74) is 0.656. The zero-order valence-corrected chi connectivity index (χ0v) is 11.7. The molecule has 0 aliphatic heterocycles. The van der Waals surface area contributed by atoms with Gasteiger partial charge in [0.1, 0.15) is 5.75 Å². The molecule has 0 spiro atoms. The van der Waals surface area contributed by atoms with Crippen LogP contribution in [0.3, 0.4) is 0 Å². The first kappa shape index (κ1) is 13.7. The lowest BCUT2D eigenvalue weighted by atomic mass is 10.3. The summed E-state index contributed by atoms with van der Waals surface area (Å²) in [7, 11) is 1.68. The van der Waals surface area contributed by atoms with Crippen molar-refractivity contribution >= 4 is 11.6 Å². The predicted molar refractivity (Wildman–Crippen MR) is 77.5 cm³/mol. The number of rotatable bonds is 4. The van der Waals surface area contributed by atoms with Crippen molar-refractivity contribution in [2.24, 2.45) is 7.05 Å². The molecule has 8 heteroatoms. The van der Waals surface area contributed by atoms with Crippen LogP contribution in [0.25, 0.3) is 0 Å². The minimum Gasteiger partial charge on any atom is -0.424 e. The first-order valence-corrected chi connectivity index (χ1v) is 6.43. The van der Waals surface area contributed by atoms with Gasteiger partial charge in [0.2, 0.25) is 0 Å². The summed E-state index contributed by atoms with van der Waals surface area (Å²) in [6, 6.07) is 9.39. The van der Waals surface area contributed by atoms with E-state index in [0.717, 1.165) is 0 Å². The van der Waals surface area contributed by atoms with Gasteiger partial charge in [-0.15, -0.1) is 5.10 Å². The molecule has 1 N–H and O–H groups in total. The molecule has 22 heavy (non-hydrogen) atoms. The minimum atomic E-state index is -0.381. The van der Waals surface area contributed by atoms with Crippen LogP contribution in [-0.4, -0.2) is 30.9 Å². The van der Waals surface area contributed by atoms with E-state index in [9.17, 15) is 4.79 Å². The van der Waals surface area contributed by atoms with Crippen LogP contribution in [-0.2, 0) is 7.05 Å². The van der Waals surface area contributed by atoms with Gasteiger partial charge in [-0.2, -0.15) is 0 Å². The van der Waals surface area contributed by atoms with E-state index in [1.165, 1.54) is 23.3 Å². The van der Waals surface area contributed by atoms with Gasteiger partial charge in [0.25, 0.3) is 5.91 Å². The minimum absolute atomic E-state index is 0.198.